The molecule has 1 aliphatic rings. The van der Waals surface area contributed by atoms with Crippen molar-refractivity contribution in [2.24, 2.45) is 0 Å². The maximum absolute atomic E-state index is 6.37. The number of hydrogen-bond acceptors (Lipinski definition) is 2. The zero-order valence-electron chi connectivity index (χ0n) is 16.9. The molecule has 2 aromatic heterocycles. The lowest BCUT2D eigenvalue weighted by Crippen LogP contribution is -2.10. The molecule has 3 heterocycles. The minimum Gasteiger partial charge on any atom is -0.436 e. The van der Waals surface area contributed by atoms with Crippen molar-refractivity contribution in [3.05, 3.63) is 77.9 Å². The molecule has 29 heavy (non-hydrogen) atoms. The van der Waals surface area contributed by atoms with Crippen molar-refractivity contribution >= 4 is 22.0 Å². The molecule has 3 heteroatoms. The first-order valence-electron chi connectivity index (χ1n) is 10.1. The normalized spacial score (nSPS) is 13.2. The summed E-state index contributed by atoms with van der Waals surface area (Å²) in [5.41, 5.74) is 9.24. The van der Waals surface area contributed by atoms with Crippen molar-refractivity contribution in [1.29, 1.82) is 0 Å². The van der Waals surface area contributed by atoms with Crippen LogP contribution in [0.4, 0.5) is 0 Å². The van der Waals surface area contributed by atoms with Gasteiger partial charge in [-0.15, -0.1) is 0 Å². The molecular weight excluding hydrogens is 356 g/mol. The van der Waals surface area contributed by atoms with Crippen LogP contribution in [-0.4, -0.2) is 9.55 Å². The molecule has 6 rings (SSSR count). The van der Waals surface area contributed by atoms with Gasteiger partial charge < -0.3 is 8.98 Å². The summed E-state index contributed by atoms with van der Waals surface area (Å²) in [7, 11) is 0. The molecule has 0 unspecified atom stereocenters. The molecule has 0 N–H and O–H groups in total. The molecule has 0 radical (unpaired) electrons. The van der Waals surface area contributed by atoms with Gasteiger partial charge in [-0.2, -0.15) is 0 Å². The van der Waals surface area contributed by atoms with Crippen molar-refractivity contribution in [3.8, 4) is 22.7 Å². The monoisotopic (exact) mass is 378 g/mol. The molecule has 3 nitrogen and oxygen atoms in total. The van der Waals surface area contributed by atoms with Crippen LogP contribution in [0.1, 0.15) is 31.9 Å². The van der Waals surface area contributed by atoms with E-state index < -0.39 is 0 Å². The molecule has 142 valence electrons. The Hall–Kier alpha value is -3.33. The molecule has 1 aliphatic heterocycles. The van der Waals surface area contributed by atoms with Crippen LogP contribution in [0.2, 0.25) is 0 Å². The summed E-state index contributed by atoms with van der Waals surface area (Å²) in [6.45, 7) is 7.55. The fourth-order valence-corrected chi connectivity index (χ4v) is 4.52. The molecule has 0 fully saturated rings. The predicted octanol–water partition coefficient (Wildman–Crippen LogP) is 6.78. The van der Waals surface area contributed by atoms with Crippen LogP contribution < -0.4 is 0 Å². The summed E-state index contributed by atoms with van der Waals surface area (Å²) in [5.74, 6) is 0.702. The highest BCUT2D eigenvalue weighted by Gasteiger charge is 2.29. The van der Waals surface area contributed by atoms with Crippen molar-refractivity contribution in [2.45, 2.75) is 32.7 Å². The van der Waals surface area contributed by atoms with Gasteiger partial charge in [-0.1, -0.05) is 69.3 Å². The second-order valence-electron chi connectivity index (χ2n) is 8.94. The van der Waals surface area contributed by atoms with Crippen LogP contribution >= 0.6 is 0 Å². The summed E-state index contributed by atoms with van der Waals surface area (Å²) in [6.07, 6.45) is 0. The lowest BCUT2D eigenvalue weighted by molar-refractivity contribution is 0.584. The van der Waals surface area contributed by atoms with Crippen molar-refractivity contribution in [3.63, 3.8) is 0 Å². The average Bonchev–Trinajstić information content (AvgIpc) is 3.37. The van der Waals surface area contributed by atoms with Crippen LogP contribution in [0.5, 0.6) is 0 Å². The number of rotatable bonds is 1. The van der Waals surface area contributed by atoms with E-state index in [4.69, 9.17) is 9.40 Å². The van der Waals surface area contributed by atoms with Gasteiger partial charge in [0.05, 0.1) is 11.3 Å². The highest BCUT2D eigenvalue weighted by molar-refractivity contribution is 6.05. The highest BCUT2D eigenvalue weighted by atomic mass is 16.3. The van der Waals surface area contributed by atoms with E-state index in [-0.39, 0.29) is 5.41 Å². The lowest BCUT2D eigenvalue weighted by atomic mass is 9.87. The maximum atomic E-state index is 6.37. The zero-order chi connectivity index (χ0) is 19.8. The van der Waals surface area contributed by atoms with Crippen LogP contribution in [0.3, 0.4) is 0 Å². The van der Waals surface area contributed by atoms with Gasteiger partial charge in [0.2, 0.25) is 5.89 Å². The Morgan fingerprint density at radius 3 is 2.59 bits per heavy atom. The number of para-hydroxylation sites is 1. The van der Waals surface area contributed by atoms with Gasteiger partial charge in [-0.3, -0.25) is 0 Å². The van der Waals surface area contributed by atoms with E-state index in [1.165, 1.54) is 33.3 Å². The molecule has 3 aromatic carbocycles. The van der Waals surface area contributed by atoms with E-state index in [1.807, 2.05) is 0 Å². The Bertz CT molecular complexity index is 1410. The topological polar surface area (TPSA) is 31.0 Å². The third kappa shape index (κ3) is 2.34. The number of hydrogen-bond donors (Lipinski definition) is 0. The van der Waals surface area contributed by atoms with Gasteiger partial charge in [-0.05, 0) is 34.7 Å². The van der Waals surface area contributed by atoms with Crippen LogP contribution in [-0.2, 0) is 12.0 Å². The molecule has 0 saturated carbocycles. The Morgan fingerprint density at radius 1 is 0.931 bits per heavy atom. The van der Waals surface area contributed by atoms with E-state index in [9.17, 15) is 0 Å². The third-order valence-electron chi connectivity index (χ3n) is 6.04. The summed E-state index contributed by atoms with van der Waals surface area (Å²) < 4.78 is 8.77. The van der Waals surface area contributed by atoms with E-state index in [0.29, 0.717) is 5.89 Å². The number of aromatic nitrogens is 2. The van der Waals surface area contributed by atoms with Gasteiger partial charge in [0, 0.05) is 23.0 Å². The Kier molecular flexibility index (Phi) is 3.21. The van der Waals surface area contributed by atoms with E-state index in [1.54, 1.807) is 0 Å². The van der Waals surface area contributed by atoms with Gasteiger partial charge >= 0.3 is 0 Å². The predicted molar refractivity (Wildman–Crippen MR) is 118 cm³/mol. The molecule has 0 spiro atoms. The van der Waals surface area contributed by atoms with E-state index in [0.717, 1.165) is 23.2 Å². The van der Waals surface area contributed by atoms with Crippen molar-refractivity contribution in [2.75, 3.05) is 0 Å². The fraction of sp³-hybridized carbons (Fsp3) is 0.192. The molecule has 0 aliphatic carbocycles. The SMILES string of the molecule is CC(C)(C)c1ccc2nc(-c3c4n(c5ccccc35)Cc3ccccc3-4)oc2c1. The van der Waals surface area contributed by atoms with Crippen LogP contribution in [0, 0.1) is 0 Å². The largest absolute Gasteiger partial charge is 0.436 e. The van der Waals surface area contributed by atoms with Crippen molar-refractivity contribution in [1.82, 2.24) is 9.55 Å². The quantitative estimate of drug-likeness (QED) is 0.316. The Balaban J connectivity index is 1.65. The number of oxazole rings is 1. The van der Waals surface area contributed by atoms with Crippen molar-refractivity contribution < 1.29 is 4.42 Å². The Morgan fingerprint density at radius 2 is 1.72 bits per heavy atom. The molecule has 0 saturated heterocycles. The molecule has 0 amide bonds. The smallest absolute Gasteiger partial charge is 0.230 e. The second kappa shape index (κ2) is 5.60. The number of fused-ring (bicyclic) bond motifs is 6. The van der Waals surface area contributed by atoms with Gasteiger partial charge in [0.15, 0.2) is 5.58 Å². The average molecular weight is 378 g/mol. The summed E-state index contributed by atoms with van der Waals surface area (Å²) >= 11 is 0. The standard InChI is InChI=1S/C26H22N2O/c1-26(2,3)17-12-13-20-22(14-17)29-25(27-20)23-19-10-6-7-11-21(19)28-15-16-8-4-5-9-18(16)24(23)28/h4-14H,15H2,1-3H3. The zero-order valence-corrected chi connectivity index (χ0v) is 16.9. The number of nitrogens with zero attached hydrogens (tertiary/aromatic N) is 2. The highest BCUT2D eigenvalue weighted by Crippen LogP contribution is 2.46. The molecule has 5 aromatic rings. The van der Waals surface area contributed by atoms with Crippen LogP contribution in [0.25, 0.3) is 44.7 Å². The summed E-state index contributed by atoms with van der Waals surface area (Å²) in [4.78, 5) is 4.90. The Labute approximate surface area is 169 Å². The molecular formula is C26H22N2O. The first-order valence-corrected chi connectivity index (χ1v) is 10.1. The first kappa shape index (κ1) is 16.6. The third-order valence-corrected chi connectivity index (χ3v) is 6.04. The van der Waals surface area contributed by atoms with Crippen LogP contribution in [0.15, 0.2) is 71.1 Å². The fourth-order valence-electron chi connectivity index (χ4n) is 4.52. The van der Waals surface area contributed by atoms with Gasteiger partial charge in [0.1, 0.15) is 5.52 Å². The summed E-state index contributed by atoms with van der Waals surface area (Å²) in [6, 6.07) is 23.6. The minimum atomic E-state index is 0.0736. The minimum absolute atomic E-state index is 0.0736. The lowest BCUT2D eigenvalue weighted by Gasteiger charge is -2.18. The van der Waals surface area contributed by atoms with Gasteiger partial charge in [-0.25, -0.2) is 4.98 Å². The van der Waals surface area contributed by atoms with E-state index >= 15 is 0 Å². The van der Waals surface area contributed by atoms with E-state index in [2.05, 4.69) is 92.1 Å². The van der Waals surface area contributed by atoms with Gasteiger partial charge in [0.25, 0.3) is 0 Å². The molecule has 0 bridgehead atoms. The number of benzene rings is 3. The summed E-state index contributed by atoms with van der Waals surface area (Å²) in [5, 5.41) is 1.19. The second-order valence-corrected chi connectivity index (χ2v) is 8.94. The maximum Gasteiger partial charge on any atom is 0.230 e. The first-order chi connectivity index (χ1) is 14.0. The molecule has 0 atom stereocenters.